The van der Waals surface area contributed by atoms with Gasteiger partial charge in [-0.3, -0.25) is 0 Å². The molecule has 0 aliphatic heterocycles. The van der Waals surface area contributed by atoms with Crippen molar-refractivity contribution in [3.05, 3.63) is 55.1 Å². The molecule has 1 nitrogen and oxygen atoms in total. The van der Waals surface area contributed by atoms with Crippen molar-refractivity contribution in [3.8, 4) is 0 Å². The standard InChI is InChI=1S/C14H15Br2NS/c15-13-4-2-1-3-11(13)7-10(9-17)8-12-5-6-14(16)18-12/h1-6,10H,7-9,17H2. The van der Waals surface area contributed by atoms with E-state index in [4.69, 9.17) is 5.73 Å². The number of nitrogens with two attached hydrogens (primary N) is 1. The average Bonchev–Trinajstić information content (AvgIpc) is 2.76. The molecule has 2 rings (SSSR count). The van der Waals surface area contributed by atoms with E-state index < -0.39 is 0 Å². The second-order valence-electron chi connectivity index (χ2n) is 4.31. The SMILES string of the molecule is NCC(Cc1ccc(Br)s1)Cc1ccccc1Br. The molecule has 1 aromatic heterocycles. The summed E-state index contributed by atoms with van der Waals surface area (Å²) in [6.45, 7) is 0.719. The highest BCUT2D eigenvalue weighted by Gasteiger charge is 2.12. The normalized spacial score (nSPS) is 12.6. The van der Waals surface area contributed by atoms with Crippen molar-refractivity contribution < 1.29 is 0 Å². The predicted molar refractivity (Wildman–Crippen MR) is 86.1 cm³/mol. The molecule has 0 saturated carbocycles. The van der Waals surface area contributed by atoms with Crippen molar-refractivity contribution >= 4 is 43.2 Å². The number of hydrogen-bond acceptors (Lipinski definition) is 2. The van der Waals surface area contributed by atoms with Crippen LogP contribution in [0.2, 0.25) is 0 Å². The van der Waals surface area contributed by atoms with E-state index in [-0.39, 0.29) is 0 Å². The predicted octanol–water partition coefficient (Wildman–Crippen LogP) is 4.63. The molecule has 18 heavy (non-hydrogen) atoms. The Morgan fingerprint density at radius 2 is 1.83 bits per heavy atom. The third-order valence-electron chi connectivity index (χ3n) is 2.92. The van der Waals surface area contributed by atoms with Crippen LogP contribution < -0.4 is 5.73 Å². The Labute approximate surface area is 129 Å². The van der Waals surface area contributed by atoms with Gasteiger partial charge in [-0.25, -0.2) is 0 Å². The number of rotatable bonds is 5. The van der Waals surface area contributed by atoms with E-state index >= 15 is 0 Å². The van der Waals surface area contributed by atoms with Gasteiger partial charge in [0.15, 0.2) is 0 Å². The van der Waals surface area contributed by atoms with Crippen LogP contribution in [0.1, 0.15) is 10.4 Å². The maximum Gasteiger partial charge on any atom is 0.0701 e. The van der Waals surface area contributed by atoms with Crippen molar-refractivity contribution in [3.63, 3.8) is 0 Å². The molecule has 1 atom stereocenters. The summed E-state index contributed by atoms with van der Waals surface area (Å²) in [5.74, 6) is 0.495. The summed E-state index contributed by atoms with van der Waals surface area (Å²) in [6.07, 6.45) is 2.07. The van der Waals surface area contributed by atoms with Gasteiger partial charge in [0.25, 0.3) is 0 Å². The minimum absolute atomic E-state index is 0.495. The summed E-state index contributed by atoms with van der Waals surface area (Å²) in [5, 5.41) is 0. The van der Waals surface area contributed by atoms with E-state index in [0.717, 1.165) is 19.4 Å². The van der Waals surface area contributed by atoms with E-state index in [9.17, 15) is 0 Å². The van der Waals surface area contributed by atoms with Gasteiger partial charge in [-0.05, 0) is 65.0 Å². The molecule has 0 aliphatic rings. The first-order valence-corrected chi connectivity index (χ1v) is 8.27. The molecule has 1 heterocycles. The molecule has 0 bridgehead atoms. The Hall–Kier alpha value is -0.160. The fourth-order valence-corrected chi connectivity index (χ4v) is 4.00. The molecule has 96 valence electrons. The zero-order valence-corrected chi connectivity index (χ0v) is 13.9. The van der Waals surface area contributed by atoms with Crippen LogP contribution >= 0.6 is 43.2 Å². The second kappa shape index (κ2) is 6.85. The summed E-state index contributed by atoms with van der Waals surface area (Å²) in [4.78, 5) is 1.39. The number of halogens is 2. The Bertz CT molecular complexity index is 510. The van der Waals surface area contributed by atoms with Crippen molar-refractivity contribution in [2.45, 2.75) is 12.8 Å². The molecule has 0 fully saturated rings. The van der Waals surface area contributed by atoms with Crippen molar-refractivity contribution in [2.75, 3.05) is 6.54 Å². The fourth-order valence-electron chi connectivity index (χ4n) is 1.96. The van der Waals surface area contributed by atoms with Gasteiger partial charge >= 0.3 is 0 Å². The monoisotopic (exact) mass is 387 g/mol. The minimum atomic E-state index is 0.495. The third-order valence-corrected chi connectivity index (χ3v) is 5.34. The van der Waals surface area contributed by atoms with Gasteiger partial charge in [-0.15, -0.1) is 11.3 Å². The average molecular weight is 389 g/mol. The Kier molecular flexibility index (Phi) is 5.42. The Balaban J connectivity index is 2.04. The van der Waals surface area contributed by atoms with Crippen LogP contribution in [-0.2, 0) is 12.8 Å². The lowest BCUT2D eigenvalue weighted by atomic mass is 9.96. The first-order chi connectivity index (χ1) is 8.69. The molecule has 1 aromatic carbocycles. The summed E-state index contributed by atoms with van der Waals surface area (Å²) in [7, 11) is 0. The zero-order chi connectivity index (χ0) is 13.0. The van der Waals surface area contributed by atoms with Gasteiger partial charge in [-0.1, -0.05) is 34.1 Å². The first-order valence-electron chi connectivity index (χ1n) is 5.86. The van der Waals surface area contributed by atoms with Crippen LogP contribution in [0.3, 0.4) is 0 Å². The van der Waals surface area contributed by atoms with E-state index in [1.54, 1.807) is 11.3 Å². The molecule has 4 heteroatoms. The molecule has 2 aromatic rings. The highest BCUT2D eigenvalue weighted by atomic mass is 79.9. The maximum absolute atomic E-state index is 5.90. The molecule has 0 amide bonds. The molecule has 0 saturated heterocycles. The minimum Gasteiger partial charge on any atom is -0.330 e. The van der Waals surface area contributed by atoms with Crippen LogP contribution in [0.25, 0.3) is 0 Å². The number of thiophene rings is 1. The summed E-state index contributed by atoms with van der Waals surface area (Å²) in [6, 6.07) is 12.7. The molecular formula is C14H15Br2NS. The van der Waals surface area contributed by atoms with E-state index in [1.165, 1.54) is 18.7 Å². The molecule has 0 radical (unpaired) electrons. The Morgan fingerprint density at radius 3 is 2.44 bits per heavy atom. The molecular weight excluding hydrogens is 374 g/mol. The van der Waals surface area contributed by atoms with Crippen LogP contribution in [0, 0.1) is 5.92 Å². The van der Waals surface area contributed by atoms with Crippen molar-refractivity contribution in [2.24, 2.45) is 11.7 Å². The molecule has 1 unspecified atom stereocenters. The largest absolute Gasteiger partial charge is 0.330 e. The van der Waals surface area contributed by atoms with Crippen molar-refractivity contribution in [1.82, 2.24) is 0 Å². The lowest BCUT2D eigenvalue weighted by Gasteiger charge is -2.14. The van der Waals surface area contributed by atoms with Crippen LogP contribution in [0.15, 0.2) is 44.7 Å². The van der Waals surface area contributed by atoms with Gasteiger partial charge in [0.1, 0.15) is 0 Å². The van der Waals surface area contributed by atoms with E-state index in [2.05, 4.69) is 62.2 Å². The van der Waals surface area contributed by atoms with Crippen LogP contribution in [0.5, 0.6) is 0 Å². The van der Waals surface area contributed by atoms with Gasteiger partial charge in [0, 0.05) is 9.35 Å². The molecule has 0 spiro atoms. The highest BCUT2D eigenvalue weighted by Crippen LogP contribution is 2.26. The number of benzene rings is 1. The fraction of sp³-hybridized carbons (Fsp3) is 0.286. The molecule has 0 aliphatic carbocycles. The number of hydrogen-bond donors (Lipinski definition) is 1. The Morgan fingerprint density at radius 1 is 1.06 bits per heavy atom. The zero-order valence-electron chi connectivity index (χ0n) is 9.90. The van der Waals surface area contributed by atoms with E-state index in [1.807, 2.05) is 6.07 Å². The van der Waals surface area contributed by atoms with E-state index in [0.29, 0.717) is 5.92 Å². The first kappa shape index (κ1) is 14.3. The molecule has 2 N–H and O–H groups in total. The topological polar surface area (TPSA) is 26.0 Å². The summed E-state index contributed by atoms with van der Waals surface area (Å²) in [5.41, 5.74) is 7.24. The van der Waals surface area contributed by atoms with Gasteiger partial charge in [0.2, 0.25) is 0 Å². The lowest BCUT2D eigenvalue weighted by Crippen LogP contribution is -2.19. The van der Waals surface area contributed by atoms with Crippen molar-refractivity contribution in [1.29, 1.82) is 0 Å². The third kappa shape index (κ3) is 3.92. The second-order valence-corrected chi connectivity index (χ2v) is 7.71. The summed E-state index contributed by atoms with van der Waals surface area (Å²) < 4.78 is 2.37. The lowest BCUT2D eigenvalue weighted by molar-refractivity contribution is 0.536. The van der Waals surface area contributed by atoms with Crippen LogP contribution in [-0.4, -0.2) is 6.54 Å². The smallest absolute Gasteiger partial charge is 0.0701 e. The highest BCUT2D eigenvalue weighted by molar-refractivity contribution is 9.11. The summed E-state index contributed by atoms with van der Waals surface area (Å²) >= 11 is 8.90. The maximum atomic E-state index is 5.90. The quantitative estimate of drug-likeness (QED) is 0.793. The van der Waals surface area contributed by atoms with Gasteiger partial charge in [0.05, 0.1) is 3.79 Å². The van der Waals surface area contributed by atoms with Gasteiger partial charge in [-0.2, -0.15) is 0 Å². The van der Waals surface area contributed by atoms with Crippen LogP contribution in [0.4, 0.5) is 0 Å². The van der Waals surface area contributed by atoms with Gasteiger partial charge < -0.3 is 5.73 Å².